The fraction of sp³-hybridized carbons (Fsp3) is 0.167. The zero-order chi connectivity index (χ0) is 26.5. The van der Waals surface area contributed by atoms with Gasteiger partial charge in [-0.15, -0.1) is 0 Å². The summed E-state index contributed by atoms with van der Waals surface area (Å²) in [6.45, 7) is -0.718. The van der Waals surface area contributed by atoms with Crippen LogP contribution < -0.4 is 21.9 Å². The van der Waals surface area contributed by atoms with Gasteiger partial charge in [0.15, 0.2) is 12.3 Å². The molecule has 0 saturated carbocycles. The standard InChI is InChI=1S/C24H21F3N4O5/c1-30(20-21(28)31(23(35)29-22(20)34)13-16-5-3-2-4-6-16)18(32)14-36-19(33)12-9-15-7-10-17(11-8-15)24(25,26)27/h2-12H,13-14,28H2,1H3,(H,29,34,35)/b12-9+. The maximum atomic E-state index is 12.6. The number of ether oxygens (including phenoxy) is 1. The first-order chi connectivity index (χ1) is 17.0. The van der Waals surface area contributed by atoms with Crippen LogP contribution in [0.5, 0.6) is 0 Å². The quantitative estimate of drug-likeness (QED) is 0.377. The minimum atomic E-state index is -4.48. The van der Waals surface area contributed by atoms with Crippen LogP contribution in [0.15, 0.2) is 70.3 Å². The number of carbonyl (C=O) groups is 2. The second-order valence-corrected chi connectivity index (χ2v) is 7.58. The largest absolute Gasteiger partial charge is 0.452 e. The number of rotatable bonds is 7. The maximum absolute atomic E-state index is 12.6. The van der Waals surface area contributed by atoms with Crippen LogP contribution in [0.25, 0.3) is 6.08 Å². The Morgan fingerprint density at radius 2 is 1.72 bits per heavy atom. The van der Waals surface area contributed by atoms with Crippen molar-refractivity contribution in [3.05, 3.63) is 98.2 Å². The van der Waals surface area contributed by atoms with E-state index in [1.54, 1.807) is 30.3 Å². The number of nitrogens with two attached hydrogens (primary N) is 1. The number of nitrogen functional groups attached to an aromatic ring is 1. The summed E-state index contributed by atoms with van der Waals surface area (Å²) >= 11 is 0. The number of benzene rings is 2. The minimum Gasteiger partial charge on any atom is -0.452 e. The number of aromatic amines is 1. The third-order valence-corrected chi connectivity index (χ3v) is 5.09. The molecule has 0 aliphatic heterocycles. The monoisotopic (exact) mass is 502 g/mol. The van der Waals surface area contributed by atoms with Crippen LogP contribution in [0, 0.1) is 0 Å². The summed E-state index contributed by atoms with van der Waals surface area (Å²) in [5.74, 6) is -2.00. The zero-order valence-electron chi connectivity index (χ0n) is 18.9. The first-order valence-corrected chi connectivity index (χ1v) is 10.4. The number of nitrogens with one attached hydrogen (secondary N) is 1. The smallest absolute Gasteiger partial charge is 0.416 e. The Bertz CT molecular complexity index is 1390. The number of halogens is 3. The highest BCUT2D eigenvalue weighted by Gasteiger charge is 2.29. The number of carbonyl (C=O) groups excluding carboxylic acids is 2. The molecule has 0 saturated heterocycles. The van der Waals surface area contributed by atoms with Gasteiger partial charge in [0.2, 0.25) is 0 Å². The van der Waals surface area contributed by atoms with Crippen molar-refractivity contribution in [2.75, 3.05) is 24.3 Å². The van der Waals surface area contributed by atoms with Crippen molar-refractivity contribution in [3.63, 3.8) is 0 Å². The topological polar surface area (TPSA) is 127 Å². The lowest BCUT2D eigenvalue weighted by molar-refractivity contribution is -0.142. The average molecular weight is 502 g/mol. The van der Waals surface area contributed by atoms with E-state index in [-0.39, 0.29) is 18.1 Å². The van der Waals surface area contributed by atoms with Gasteiger partial charge in [0.1, 0.15) is 5.82 Å². The molecule has 0 spiro atoms. The van der Waals surface area contributed by atoms with Gasteiger partial charge in [-0.05, 0) is 29.3 Å². The summed E-state index contributed by atoms with van der Waals surface area (Å²) in [6, 6.07) is 12.9. The van der Waals surface area contributed by atoms with Crippen molar-refractivity contribution in [2.24, 2.45) is 0 Å². The number of anilines is 2. The van der Waals surface area contributed by atoms with Crippen LogP contribution in [0.3, 0.4) is 0 Å². The first-order valence-electron chi connectivity index (χ1n) is 10.4. The highest BCUT2D eigenvalue weighted by atomic mass is 19.4. The number of esters is 1. The van der Waals surface area contributed by atoms with E-state index in [0.29, 0.717) is 5.56 Å². The second-order valence-electron chi connectivity index (χ2n) is 7.58. The van der Waals surface area contributed by atoms with Crippen LogP contribution in [-0.2, 0) is 27.0 Å². The van der Waals surface area contributed by atoms with E-state index in [2.05, 4.69) is 4.98 Å². The molecule has 0 aliphatic carbocycles. The molecule has 12 heteroatoms. The SMILES string of the molecule is CN(C(=O)COC(=O)/C=C/c1ccc(C(F)(F)F)cc1)c1c(N)n(Cc2ccccc2)c(=O)[nH]c1=O. The van der Waals surface area contributed by atoms with Gasteiger partial charge >= 0.3 is 17.8 Å². The molecular weight excluding hydrogens is 481 g/mol. The molecule has 1 amide bonds. The van der Waals surface area contributed by atoms with E-state index in [1.165, 1.54) is 25.3 Å². The Morgan fingerprint density at radius 1 is 1.08 bits per heavy atom. The molecule has 9 nitrogen and oxygen atoms in total. The van der Waals surface area contributed by atoms with E-state index in [1.807, 2.05) is 0 Å². The van der Waals surface area contributed by atoms with Crippen LogP contribution in [0.4, 0.5) is 24.7 Å². The summed E-state index contributed by atoms with van der Waals surface area (Å²) in [5.41, 5.74) is 4.29. The number of likely N-dealkylation sites (N-methyl/N-ethyl adjacent to an activating group) is 1. The van der Waals surface area contributed by atoms with Gasteiger partial charge in [0.05, 0.1) is 12.1 Å². The molecule has 0 bridgehead atoms. The van der Waals surface area contributed by atoms with E-state index < -0.39 is 41.5 Å². The van der Waals surface area contributed by atoms with Gasteiger partial charge in [-0.2, -0.15) is 13.2 Å². The van der Waals surface area contributed by atoms with Crippen molar-refractivity contribution in [3.8, 4) is 0 Å². The molecule has 0 fully saturated rings. The molecule has 0 aliphatic rings. The zero-order valence-corrected chi connectivity index (χ0v) is 18.9. The molecule has 188 valence electrons. The van der Waals surface area contributed by atoms with E-state index in [9.17, 15) is 32.3 Å². The van der Waals surface area contributed by atoms with Crippen molar-refractivity contribution in [1.29, 1.82) is 0 Å². The molecule has 0 unspecified atom stereocenters. The van der Waals surface area contributed by atoms with Gasteiger partial charge in [0, 0.05) is 13.1 Å². The van der Waals surface area contributed by atoms with Crippen molar-refractivity contribution in [1.82, 2.24) is 9.55 Å². The third kappa shape index (κ3) is 6.29. The number of H-pyrrole nitrogens is 1. The molecule has 3 rings (SSSR count). The Kier molecular flexibility index (Phi) is 7.77. The summed E-state index contributed by atoms with van der Waals surface area (Å²) in [5, 5.41) is 0. The molecule has 36 heavy (non-hydrogen) atoms. The third-order valence-electron chi connectivity index (χ3n) is 5.09. The highest BCUT2D eigenvalue weighted by Crippen LogP contribution is 2.29. The summed E-state index contributed by atoms with van der Waals surface area (Å²) < 4.78 is 43.8. The number of amides is 1. The highest BCUT2D eigenvalue weighted by molar-refractivity contribution is 5.97. The van der Waals surface area contributed by atoms with Gasteiger partial charge in [-0.25, -0.2) is 9.59 Å². The van der Waals surface area contributed by atoms with Crippen LogP contribution in [0.1, 0.15) is 16.7 Å². The van der Waals surface area contributed by atoms with Crippen molar-refractivity contribution >= 4 is 29.5 Å². The molecule has 1 aromatic heterocycles. The fourth-order valence-electron chi connectivity index (χ4n) is 3.17. The summed E-state index contributed by atoms with van der Waals surface area (Å²) in [6.07, 6.45) is -2.32. The molecule has 2 aromatic carbocycles. The van der Waals surface area contributed by atoms with Crippen LogP contribution >= 0.6 is 0 Å². The molecule has 0 atom stereocenters. The Morgan fingerprint density at radius 3 is 2.33 bits per heavy atom. The predicted molar refractivity (Wildman–Crippen MR) is 126 cm³/mol. The van der Waals surface area contributed by atoms with Gasteiger partial charge in [0.25, 0.3) is 11.5 Å². The van der Waals surface area contributed by atoms with E-state index in [4.69, 9.17) is 10.5 Å². The Balaban J connectivity index is 1.67. The Hall–Kier alpha value is -4.61. The Labute approximate surface area is 202 Å². The summed E-state index contributed by atoms with van der Waals surface area (Å²) in [4.78, 5) is 52.1. The number of alkyl halides is 3. The lowest BCUT2D eigenvalue weighted by Crippen LogP contribution is -2.40. The van der Waals surface area contributed by atoms with Gasteiger partial charge < -0.3 is 15.4 Å². The number of hydrogen-bond donors (Lipinski definition) is 2. The van der Waals surface area contributed by atoms with Crippen LogP contribution in [-0.4, -0.2) is 35.1 Å². The normalized spacial score (nSPS) is 11.4. The number of hydrogen-bond acceptors (Lipinski definition) is 6. The second kappa shape index (κ2) is 10.8. The molecule has 0 radical (unpaired) electrons. The fourth-order valence-corrected chi connectivity index (χ4v) is 3.17. The average Bonchev–Trinajstić information content (AvgIpc) is 2.84. The maximum Gasteiger partial charge on any atom is 0.416 e. The van der Waals surface area contributed by atoms with Crippen LogP contribution in [0.2, 0.25) is 0 Å². The van der Waals surface area contributed by atoms with Gasteiger partial charge in [-0.1, -0.05) is 42.5 Å². The lowest BCUT2D eigenvalue weighted by Gasteiger charge is -2.20. The van der Waals surface area contributed by atoms with E-state index >= 15 is 0 Å². The lowest BCUT2D eigenvalue weighted by atomic mass is 10.1. The molecule has 3 N–H and O–H groups in total. The summed E-state index contributed by atoms with van der Waals surface area (Å²) in [7, 11) is 1.23. The van der Waals surface area contributed by atoms with E-state index in [0.717, 1.165) is 33.2 Å². The van der Waals surface area contributed by atoms with Crippen molar-refractivity contribution in [2.45, 2.75) is 12.7 Å². The van der Waals surface area contributed by atoms with Crippen molar-refractivity contribution < 1.29 is 27.5 Å². The number of aromatic nitrogens is 2. The first kappa shape index (κ1) is 26.0. The van der Waals surface area contributed by atoms with Gasteiger partial charge in [-0.3, -0.25) is 19.1 Å². The number of nitrogens with zero attached hydrogens (tertiary/aromatic N) is 2. The molecular formula is C24H21F3N4O5. The molecule has 3 aromatic rings. The molecule has 1 heterocycles. The minimum absolute atomic E-state index is 0.0427. The predicted octanol–water partition coefficient (Wildman–Crippen LogP) is 2.41.